The largest absolute Gasteiger partial charge is 0.373 e. The summed E-state index contributed by atoms with van der Waals surface area (Å²) in [6.45, 7) is 0. The normalized spacial score (nSPS) is 18.6. The van der Waals surface area contributed by atoms with Crippen molar-refractivity contribution in [2.24, 2.45) is 7.05 Å². The molecule has 1 saturated heterocycles. The Morgan fingerprint density at radius 2 is 1.86 bits per heavy atom. The molecule has 2 amide bonds. The van der Waals surface area contributed by atoms with Crippen LogP contribution in [0.1, 0.15) is 6.42 Å². The molecule has 0 radical (unpaired) electrons. The van der Waals surface area contributed by atoms with Gasteiger partial charge in [0.25, 0.3) is 11.5 Å². The number of carbonyl (C=O) groups is 2. The van der Waals surface area contributed by atoms with E-state index in [-0.39, 0.29) is 23.8 Å². The number of nitrogens with zero attached hydrogens (tertiary/aromatic N) is 2. The molecule has 2 aromatic rings. The molecule has 1 aromatic carbocycles. The van der Waals surface area contributed by atoms with E-state index in [0.29, 0.717) is 5.69 Å². The summed E-state index contributed by atoms with van der Waals surface area (Å²) in [7, 11) is 3.17. The van der Waals surface area contributed by atoms with Gasteiger partial charge in [0.1, 0.15) is 6.04 Å². The van der Waals surface area contributed by atoms with Crippen LogP contribution in [0.3, 0.4) is 0 Å². The summed E-state index contributed by atoms with van der Waals surface area (Å²) < 4.78 is 1.55. The Kier molecular flexibility index (Phi) is 3.01. The van der Waals surface area contributed by atoms with E-state index >= 15 is 0 Å². The lowest BCUT2D eigenvalue weighted by molar-refractivity contribution is -0.136. The topological polar surface area (TPSA) is 71.4 Å². The maximum atomic E-state index is 12.0. The fourth-order valence-corrected chi connectivity index (χ4v) is 2.59. The number of hydrogen-bond acceptors (Lipinski definition) is 4. The van der Waals surface area contributed by atoms with Crippen LogP contribution in [-0.4, -0.2) is 34.4 Å². The Hall–Kier alpha value is -2.63. The van der Waals surface area contributed by atoms with E-state index in [1.54, 1.807) is 11.6 Å². The summed E-state index contributed by atoms with van der Waals surface area (Å²) >= 11 is 0. The Morgan fingerprint density at radius 3 is 2.52 bits per heavy atom. The summed E-state index contributed by atoms with van der Waals surface area (Å²) in [5.41, 5.74) is 1.19. The van der Waals surface area contributed by atoms with Crippen LogP contribution in [0, 0.1) is 0 Å². The lowest BCUT2D eigenvalue weighted by atomic mass is 10.1. The average molecular weight is 285 g/mol. The number of aromatic nitrogens is 1. The summed E-state index contributed by atoms with van der Waals surface area (Å²) in [5, 5.41) is 3.88. The van der Waals surface area contributed by atoms with Crippen molar-refractivity contribution in [3.63, 3.8) is 0 Å². The first-order chi connectivity index (χ1) is 9.99. The first-order valence-electron chi connectivity index (χ1n) is 6.65. The second-order valence-electron chi connectivity index (χ2n) is 5.16. The van der Waals surface area contributed by atoms with Gasteiger partial charge < -0.3 is 9.88 Å². The molecule has 108 valence electrons. The number of likely N-dealkylation sites (N-methyl/N-ethyl adjacent to an activating group) is 1. The maximum absolute atomic E-state index is 12.0. The van der Waals surface area contributed by atoms with E-state index in [1.165, 1.54) is 13.1 Å². The molecule has 1 fully saturated rings. The highest BCUT2D eigenvalue weighted by Gasteiger charge is 2.36. The molecule has 1 N–H and O–H groups in total. The van der Waals surface area contributed by atoms with E-state index in [2.05, 4.69) is 5.32 Å². The van der Waals surface area contributed by atoms with Crippen molar-refractivity contribution in [3.05, 3.63) is 40.7 Å². The summed E-state index contributed by atoms with van der Waals surface area (Å²) in [4.78, 5) is 36.6. The molecule has 3 rings (SSSR count). The molecule has 0 aliphatic carbocycles. The van der Waals surface area contributed by atoms with Crippen molar-refractivity contribution in [1.29, 1.82) is 0 Å². The number of rotatable bonds is 2. The van der Waals surface area contributed by atoms with E-state index < -0.39 is 6.04 Å². The van der Waals surface area contributed by atoms with Crippen molar-refractivity contribution in [2.75, 3.05) is 12.4 Å². The fraction of sp³-hybridized carbons (Fsp3) is 0.267. The molecular formula is C15H15N3O3. The molecule has 0 bridgehead atoms. The lowest BCUT2D eigenvalue weighted by Gasteiger charge is -2.15. The van der Waals surface area contributed by atoms with Crippen molar-refractivity contribution >= 4 is 28.4 Å². The van der Waals surface area contributed by atoms with Crippen molar-refractivity contribution in [2.45, 2.75) is 12.5 Å². The molecule has 6 heteroatoms. The number of amides is 2. The monoisotopic (exact) mass is 285 g/mol. The number of nitrogens with one attached hydrogen (secondary N) is 1. The lowest BCUT2D eigenvalue weighted by Crippen LogP contribution is -2.32. The zero-order valence-electron chi connectivity index (χ0n) is 11.8. The molecule has 6 nitrogen and oxygen atoms in total. The van der Waals surface area contributed by atoms with Crippen LogP contribution in [0.4, 0.5) is 5.69 Å². The van der Waals surface area contributed by atoms with Gasteiger partial charge in [0, 0.05) is 31.2 Å². The van der Waals surface area contributed by atoms with Crippen LogP contribution in [-0.2, 0) is 16.6 Å². The predicted octanol–water partition coefficient (Wildman–Crippen LogP) is 0.708. The fourth-order valence-electron chi connectivity index (χ4n) is 2.59. The van der Waals surface area contributed by atoms with Gasteiger partial charge in [-0.3, -0.25) is 19.3 Å². The number of pyridine rings is 1. The van der Waals surface area contributed by atoms with Crippen LogP contribution >= 0.6 is 0 Å². The van der Waals surface area contributed by atoms with E-state index in [4.69, 9.17) is 0 Å². The van der Waals surface area contributed by atoms with Crippen molar-refractivity contribution in [3.8, 4) is 0 Å². The molecule has 1 unspecified atom stereocenters. The minimum atomic E-state index is -0.613. The molecule has 0 saturated carbocycles. The maximum Gasteiger partial charge on any atom is 0.252 e. The van der Waals surface area contributed by atoms with Gasteiger partial charge in [-0.25, -0.2) is 0 Å². The number of carbonyl (C=O) groups excluding carboxylic acids is 2. The second-order valence-corrected chi connectivity index (χ2v) is 5.16. The highest BCUT2D eigenvalue weighted by molar-refractivity contribution is 6.07. The summed E-state index contributed by atoms with van der Waals surface area (Å²) in [5.74, 6) is -0.490. The molecule has 1 aliphatic heterocycles. The van der Waals surface area contributed by atoms with Crippen LogP contribution in [0.5, 0.6) is 0 Å². The number of benzene rings is 1. The molecule has 0 spiro atoms. The molecule has 1 aliphatic rings. The van der Waals surface area contributed by atoms with Crippen molar-refractivity contribution < 1.29 is 9.59 Å². The highest BCUT2D eigenvalue weighted by atomic mass is 16.2. The Balaban J connectivity index is 2.06. The number of fused-ring (bicyclic) bond motifs is 1. The van der Waals surface area contributed by atoms with Crippen molar-refractivity contribution in [1.82, 2.24) is 9.47 Å². The minimum Gasteiger partial charge on any atom is -0.373 e. The molecule has 1 aromatic heterocycles. The second kappa shape index (κ2) is 4.73. The van der Waals surface area contributed by atoms with Gasteiger partial charge in [-0.1, -0.05) is 18.2 Å². The third kappa shape index (κ3) is 2.08. The van der Waals surface area contributed by atoms with Crippen LogP contribution in [0.25, 0.3) is 10.9 Å². The van der Waals surface area contributed by atoms with Gasteiger partial charge in [0.2, 0.25) is 5.91 Å². The number of aryl methyl sites for hydroxylation is 1. The zero-order valence-corrected chi connectivity index (χ0v) is 11.8. The van der Waals surface area contributed by atoms with Gasteiger partial charge >= 0.3 is 0 Å². The van der Waals surface area contributed by atoms with Gasteiger partial charge in [-0.2, -0.15) is 0 Å². The number of likely N-dealkylation sites (tertiary alicyclic amines) is 1. The zero-order chi connectivity index (χ0) is 15.1. The Bertz CT molecular complexity index is 809. The van der Waals surface area contributed by atoms with Gasteiger partial charge in [0.15, 0.2) is 0 Å². The van der Waals surface area contributed by atoms with Crippen LogP contribution in [0.15, 0.2) is 35.1 Å². The number of para-hydroxylation sites is 1. The van der Waals surface area contributed by atoms with E-state index in [9.17, 15) is 14.4 Å². The average Bonchev–Trinajstić information content (AvgIpc) is 2.72. The Labute approximate surface area is 121 Å². The summed E-state index contributed by atoms with van der Waals surface area (Å²) in [6.07, 6.45) is 0.110. The highest BCUT2D eigenvalue weighted by Crippen LogP contribution is 2.24. The smallest absolute Gasteiger partial charge is 0.252 e. The van der Waals surface area contributed by atoms with Crippen LogP contribution < -0.4 is 10.9 Å². The Morgan fingerprint density at radius 1 is 1.14 bits per heavy atom. The molecule has 21 heavy (non-hydrogen) atoms. The van der Waals surface area contributed by atoms with Gasteiger partial charge in [-0.05, 0) is 6.07 Å². The molecular weight excluding hydrogens is 270 g/mol. The standard InChI is InChI=1S/C15H15N3O3/c1-17-12-6-4-3-5-9(12)10(7-13(17)19)16-11-8-14(20)18(2)15(11)21/h3-7,11,16H,8H2,1-2H3. The molecule has 2 heterocycles. The minimum absolute atomic E-state index is 0.110. The van der Waals surface area contributed by atoms with Crippen LogP contribution in [0.2, 0.25) is 0 Å². The summed E-state index contributed by atoms with van der Waals surface area (Å²) in [6, 6.07) is 8.28. The number of anilines is 1. The first-order valence-corrected chi connectivity index (χ1v) is 6.65. The molecule has 1 atom stereocenters. The van der Waals surface area contributed by atoms with E-state index in [0.717, 1.165) is 15.8 Å². The SMILES string of the molecule is CN1C(=O)CC(Nc2cc(=O)n(C)c3ccccc23)C1=O. The quantitative estimate of drug-likeness (QED) is 0.825. The van der Waals surface area contributed by atoms with Gasteiger partial charge in [0.05, 0.1) is 11.9 Å². The van der Waals surface area contributed by atoms with E-state index in [1.807, 2.05) is 24.3 Å². The number of hydrogen-bond donors (Lipinski definition) is 1. The third-order valence-electron chi connectivity index (χ3n) is 3.87. The predicted molar refractivity (Wildman–Crippen MR) is 79.0 cm³/mol. The number of imide groups is 1. The van der Waals surface area contributed by atoms with Gasteiger partial charge in [-0.15, -0.1) is 0 Å². The first kappa shape index (κ1) is 13.4. The third-order valence-corrected chi connectivity index (χ3v) is 3.87.